The molecule has 100 valence electrons. The molecule has 1 aromatic carbocycles. The molecule has 1 unspecified atom stereocenters. The number of carbonyl (C=O) groups is 1. The van der Waals surface area contributed by atoms with Gasteiger partial charge in [0.05, 0.1) is 5.69 Å². The molecule has 1 atom stereocenters. The van der Waals surface area contributed by atoms with E-state index >= 15 is 0 Å². The summed E-state index contributed by atoms with van der Waals surface area (Å²) >= 11 is 0. The molecule has 0 radical (unpaired) electrons. The molecular weight excluding hydrogens is 262 g/mol. The van der Waals surface area contributed by atoms with E-state index in [-0.39, 0.29) is 36.5 Å². The molecule has 0 spiro atoms. The van der Waals surface area contributed by atoms with Crippen molar-refractivity contribution in [2.45, 2.75) is 25.3 Å². The van der Waals surface area contributed by atoms with Crippen molar-refractivity contribution >= 4 is 24.0 Å². The minimum Gasteiger partial charge on any atom is -0.323 e. The second-order valence-electron chi connectivity index (χ2n) is 4.15. The first-order valence-electron chi connectivity index (χ1n) is 5.64. The maximum Gasteiger partial charge on any atom is 0.226 e. The quantitative estimate of drug-likeness (QED) is 0.890. The van der Waals surface area contributed by atoms with Gasteiger partial charge in [-0.05, 0) is 31.5 Å². The van der Waals surface area contributed by atoms with E-state index in [1.165, 1.54) is 12.1 Å². The number of nitrogens with one attached hydrogen (secondary N) is 2. The van der Waals surface area contributed by atoms with Gasteiger partial charge in [-0.3, -0.25) is 4.79 Å². The lowest BCUT2D eigenvalue weighted by atomic mass is 10.1. The SMILES string of the molecule is Cl.O=C(CC1CCCN1)Nc1cccc(F)c1F. The highest BCUT2D eigenvalue weighted by molar-refractivity contribution is 5.91. The summed E-state index contributed by atoms with van der Waals surface area (Å²) in [5.41, 5.74) is -0.104. The van der Waals surface area contributed by atoms with Crippen LogP contribution >= 0.6 is 12.4 Å². The van der Waals surface area contributed by atoms with Crippen LogP contribution in [0, 0.1) is 11.6 Å². The summed E-state index contributed by atoms with van der Waals surface area (Å²) in [6, 6.07) is 3.87. The monoisotopic (exact) mass is 276 g/mol. The standard InChI is InChI=1S/C12H14F2N2O.ClH/c13-9-4-1-5-10(12(9)14)16-11(17)7-8-3-2-6-15-8;/h1,4-5,8,15H,2-3,6-7H2,(H,16,17);1H. The molecule has 2 N–H and O–H groups in total. The zero-order valence-corrected chi connectivity index (χ0v) is 10.5. The molecule has 0 aromatic heterocycles. The Morgan fingerprint density at radius 2 is 2.22 bits per heavy atom. The lowest BCUT2D eigenvalue weighted by Crippen LogP contribution is -2.27. The van der Waals surface area contributed by atoms with Gasteiger partial charge in [0, 0.05) is 12.5 Å². The van der Waals surface area contributed by atoms with Crippen molar-refractivity contribution < 1.29 is 13.6 Å². The van der Waals surface area contributed by atoms with E-state index in [4.69, 9.17) is 0 Å². The van der Waals surface area contributed by atoms with Gasteiger partial charge >= 0.3 is 0 Å². The zero-order chi connectivity index (χ0) is 12.3. The molecule has 1 aromatic rings. The summed E-state index contributed by atoms with van der Waals surface area (Å²) in [5, 5.41) is 5.55. The van der Waals surface area contributed by atoms with Crippen molar-refractivity contribution in [2.24, 2.45) is 0 Å². The number of amides is 1. The van der Waals surface area contributed by atoms with Crippen LogP contribution in [0.5, 0.6) is 0 Å². The van der Waals surface area contributed by atoms with E-state index in [2.05, 4.69) is 10.6 Å². The number of rotatable bonds is 3. The average molecular weight is 277 g/mol. The number of hydrogen-bond acceptors (Lipinski definition) is 2. The van der Waals surface area contributed by atoms with Gasteiger partial charge in [0.25, 0.3) is 0 Å². The summed E-state index contributed by atoms with van der Waals surface area (Å²) in [7, 11) is 0. The number of anilines is 1. The van der Waals surface area contributed by atoms with Crippen LogP contribution in [0.2, 0.25) is 0 Å². The molecule has 1 fully saturated rings. The van der Waals surface area contributed by atoms with Crippen LogP contribution in [0.1, 0.15) is 19.3 Å². The molecule has 1 amide bonds. The predicted octanol–water partition coefficient (Wildman–Crippen LogP) is 2.47. The molecule has 18 heavy (non-hydrogen) atoms. The average Bonchev–Trinajstić information content (AvgIpc) is 2.77. The Morgan fingerprint density at radius 1 is 1.44 bits per heavy atom. The number of carbonyl (C=O) groups excluding carboxylic acids is 1. The van der Waals surface area contributed by atoms with Crippen LogP contribution in [-0.2, 0) is 4.79 Å². The number of hydrogen-bond donors (Lipinski definition) is 2. The molecule has 0 bridgehead atoms. The minimum atomic E-state index is -1.01. The van der Waals surface area contributed by atoms with Crippen LogP contribution in [0.4, 0.5) is 14.5 Å². The lowest BCUT2D eigenvalue weighted by molar-refractivity contribution is -0.116. The third kappa shape index (κ3) is 3.65. The first-order valence-corrected chi connectivity index (χ1v) is 5.64. The van der Waals surface area contributed by atoms with Gasteiger partial charge in [-0.1, -0.05) is 6.07 Å². The Labute approximate surface area is 110 Å². The number of halogens is 3. The molecule has 2 rings (SSSR count). The Bertz CT molecular complexity index is 423. The van der Waals surface area contributed by atoms with E-state index in [1.807, 2.05) is 0 Å². The predicted molar refractivity (Wildman–Crippen MR) is 67.9 cm³/mol. The van der Waals surface area contributed by atoms with Crippen LogP contribution in [0.3, 0.4) is 0 Å². The van der Waals surface area contributed by atoms with E-state index in [0.29, 0.717) is 0 Å². The van der Waals surface area contributed by atoms with Gasteiger partial charge in [-0.2, -0.15) is 0 Å². The maximum atomic E-state index is 13.3. The maximum absolute atomic E-state index is 13.3. The summed E-state index contributed by atoms with van der Waals surface area (Å²) < 4.78 is 26.2. The van der Waals surface area contributed by atoms with E-state index in [1.54, 1.807) is 0 Å². The normalized spacial score (nSPS) is 18.2. The van der Waals surface area contributed by atoms with Crippen LogP contribution in [-0.4, -0.2) is 18.5 Å². The second kappa shape index (κ2) is 6.66. The minimum absolute atomic E-state index is 0. The van der Waals surface area contributed by atoms with Crippen molar-refractivity contribution in [3.8, 4) is 0 Å². The lowest BCUT2D eigenvalue weighted by Gasteiger charge is -2.11. The summed E-state index contributed by atoms with van der Waals surface area (Å²) in [4.78, 5) is 11.6. The first kappa shape index (κ1) is 14.9. The summed E-state index contributed by atoms with van der Waals surface area (Å²) in [6.45, 7) is 0.909. The van der Waals surface area contributed by atoms with Gasteiger partial charge in [-0.15, -0.1) is 12.4 Å². The highest BCUT2D eigenvalue weighted by atomic mass is 35.5. The van der Waals surface area contributed by atoms with Crippen molar-refractivity contribution in [1.29, 1.82) is 0 Å². The Hall–Kier alpha value is -1.20. The van der Waals surface area contributed by atoms with Crippen molar-refractivity contribution in [3.05, 3.63) is 29.8 Å². The van der Waals surface area contributed by atoms with Crippen molar-refractivity contribution in [3.63, 3.8) is 0 Å². The van der Waals surface area contributed by atoms with Gasteiger partial charge in [0.15, 0.2) is 11.6 Å². The molecule has 1 heterocycles. The highest BCUT2D eigenvalue weighted by Crippen LogP contribution is 2.17. The van der Waals surface area contributed by atoms with E-state index in [9.17, 15) is 13.6 Å². The van der Waals surface area contributed by atoms with Crippen LogP contribution in [0.25, 0.3) is 0 Å². The third-order valence-electron chi connectivity index (χ3n) is 2.82. The van der Waals surface area contributed by atoms with Gasteiger partial charge in [0.1, 0.15) is 0 Å². The molecule has 0 saturated carbocycles. The Kier molecular flexibility index (Phi) is 5.50. The molecule has 6 heteroatoms. The fourth-order valence-corrected chi connectivity index (χ4v) is 1.96. The molecule has 1 aliphatic rings. The smallest absolute Gasteiger partial charge is 0.226 e. The van der Waals surface area contributed by atoms with Crippen molar-refractivity contribution in [1.82, 2.24) is 5.32 Å². The fourth-order valence-electron chi connectivity index (χ4n) is 1.96. The largest absolute Gasteiger partial charge is 0.323 e. The van der Waals surface area contributed by atoms with Gasteiger partial charge in [-0.25, -0.2) is 8.78 Å². The van der Waals surface area contributed by atoms with Crippen LogP contribution in [0.15, 0.2) is 18.2 Å². The van der Waals surface area contributed by atoms with Crippen LogP contribution < -0.4 is 10.6 Å². The molecular formula is C12H15ClF2N2O. The van der Waals surface area contributed by atoms with Crippen molar-refractivity contribution in [2.75, 3.05) is 11.9 Å². The summed E-state index contributed by atoms with van der Waals surface area (Å²) in [5.74, 6) is -2.27. The Morgan fingerprint density at radius 3 is 2.89 bits per heavy atom. The third-order valence-corrected chi connectivity index (χ3v) is 2.82. The van der Waals surface area contributed by atoms with E-state index < -0.39 is 11.6 Å². The fraction of sp³-hybridized carbons (Fsp3) is 0.417. The Balaban J connectivity index is 0.00000162. The molecule has 1 aliphatic heterocycles. The second-order valence-corrected chi connectivity index (χ2v) is 4.15. The first-order chi connectivity index (χ1) is 8.16. The summed E-state index contributed by atoms with van der Waals surface area (Å²) in [6.07, 6.45) is 2.28. The van der Waals surface area contributed by atoms with Gasteiger partial charge in [0.2, 0.25) is 5.91 Å². The van der Waals surface area contributed by atoms with Gasteiger partial charge < -0.3 is 10.6 Å². The van der Waals surface area contributed by atoms with E-state index in [0.717, 1.165) is 25.5 Å². The number of benzene rings is 1. The molecule has 3 nitrogen and oxygen atoms in total. The molecule has 1 saturated heterocycles. The highest BCUT2D eigenvalue weighted by Gasteiger charge is 2.18. The topological polar surface area (TPSA) is 41.1 Å². The molecule has 0 aliphatic carbocycles. The zero-order valence-electron chi connectivity index (χ0n) is 9.71.